The summed E-state index contributed by atoms with van der Waals surface area (Å²) in [7, 11) is 0. The molecule has 11 rings (SSSR count). The minimum atomic E-state index is -0.528. The van der Waals surface area contributed by atoms with Gasteiger partial charge in [-0.1, -0.05) is 182 Å². The van der Waals surface area contributed by atoms with Gasteiger partial charge in [-0.05, 0) is 78.9 Å². The van der Waals surface area contributed by atoms with Gasteiger partial charge in [-0.15, -0.1) is 0 Å². The highest BCUT2D eigenvalue weighted by atomic mass is 15.0. The van der Waals surface area contributed by atoms with Crippen molar-refractivity contribution in [3.8, 4) is 27.9 Å². The molecule has 0 unspecified atom stereocenters. The molecule has 1 heterocycles. The molecule has 10 aromatic rings. The molecule has 0 N–H and O–H groups in total. The third-order valence-corrected chi connectivity index (χ3v) is 11.4. The fourth-order valence-corrected chi connectivity index (χ4v) is 9.42. The third-order valence-electron chi connectivity index (χ3n) is 11.4. The van der Waals surface area contributed by atoms with Crippen molar-refractivity contribution in [2.24, 2.45) is 0 Å². The topological polar surface area (TPSA) is 4.93 Å². The second-order valence-electron chi connectivity index (χ2n) is 14.0. The zero-order valence-corrected chi connectivity index (χ0v) is 28.5. The predicted molar refractivity (Wildman–Crippen MR) is 219 cm³/mol. The van der Waals surface area contributed by atoms with Gasteiger partial charge in [0.25, 0.3) is 0 Å². The summed E-state index contributed by atoms with van der Waals surface area (Å²) in [6.07, 6.45) is 0. The monoisotopic (exact) mass is 659 g/mol. The summed E-state index contributed by atoms with van der Waals surface area (Å²) in [5, 5.41) is 7.69. The number of fused-ring (bicyclic) bond motifs is 12. The Hall–Kier alpha value is -6.70. The maximum Gasteiger partial charge on any atom is 0.0719 e. The first-order valence-corrected chi connectivity index (χ1v) is 18.1. The smallest absolute Gasteiger partial charge is 0.0719 e. The van der Waals surface area contributed by atoms with Crippen molar-refractivity contribution in [3.05, 3.63) is 222 Å². The van der Waals surface area contributed by atoms with Gasteiger partial charge in [0, 0.05) is 21.8 Å². The number of benzene rings is 9. The van der Waals surface area contributed by atoms with Gasteiger partial charge < -0.3 is 4.57 Å². The van der Waals surface area contributed by atoms with E-state index in [4.69, 9.17) is 0 Å². The average molecular weight is 660 g/mol. The first-order chi connectivity index (χ1) is 25.8. The predicted octanol–water partition coefficient (Wildman–Crippen LogP) is 13.1. The van der Waals surface area contributed by atoms with Crippen LogP contribution in [0.5, 0.6) is 0 Å². The van der Waals surface area contributed by atoms with Crippen molar-refractivity contribution in [1.82, 2.24) is 4.57 Å². The van der Waals surface area contributed by atoms with Gasteiger partial charge in [0.2, 0.25) is 0 Å². The van der Waals surface area contributed by atoms with Gasteiger partial charge in [0.15, 0.2) is 0 Å². The highest BCUT2D eigenvalue weighted by Gasteiger charge is 2.47. The van der Waals surface area contributed by atoms with Gasteiger partial charge in [0.05, 0.1) is 16.4 Å². The molecule has 1 aromatic heterocycles. The van der Waals surface area contributed by atoms with E-state index >= 15 is 0 Å². The lowest BCUT2D eigenvalue weighted by molar-refractivity contribution is 0.776. The molecular formula is C51H33N. The number of hydrogen-bond acceptors (Lipinski definition) is 0. The van der Waals surface area contributed by atoms with Crippen molar-refractivity contribution >= 4 is 43.4 Å². The Bertz CT molecular complexity index is 2950. The minimum Gasteiger partial charge on any atom is -0.309 e. The van der Waals surface area contributed by atoms with Crippen LogP contribution in [-0.2, 0) is 5.41 Å². The third kappa shape index (κ3) is 3.88. The standard InChI is InChI=1S/C51H33N/c1-4-17-34(18-5-1)35-19-16-24-38(33-35)52-46-30-15-13-28-44(46)48-47-41(39-25-10-11-27-43(39)50(48)52)31-32-42-40-26-12-14-29-45(40)51(49(42)47,36-20-6-2-7-21-36)37-22-8-3-9-23-37/h1-33H. The molecule has 0 aliphatic heterocycles. The van der Waals surface area contributed by atoms with E-state index in [0.717, 1.165) is 5.69 Å². The quantitative estimate of drug-likeness (QED) is 0.166. The van der Waals surface area contributed by atoms with E-state index in [1.54, 1.807) is 0 Å². The van der Waals surface area contributed by atoms with E-state index in [9.17, 15) is 0 Å². The molecule has 0 atom stereocenters. The zero-order valence-electron chi connectivity index (χ0n) is 28.5. The molecule has 1 aliphatic carbocycles. The lowest BCUT2D eigenvalue weighted by Crippen LogP contribution is -2.28. The van der Waals surface area contributed by atoms with Crippen molar-refractivity contribution in [2.75, 3.05) is 0 Å². The van der Waals surface area contributed by atoms with Crippen LogP contribution in [0.3, 0.4) is 0 Å². The Morgan fingerprint density at radius 2 is 0.962 bits per heavy atom. The zero-order chi connectivity index (χ0) is 34.2. The summed E-state index contributed by atoms with van der Waals surface area (Å²) < 4.78 is 2.52. The second-order valence-corrected chi connectivity index (χ2v) is 14.0. The number of hydrogen-bond donors (Lipinski definition) is 0. The Morgan fingerprint density at radius 1 is 0.365 bits per heavy atom. The maximum atomic E-state index is 2.52. The van der Waals surface area contributed by atoms with Crippen molar-refractivity contribution in [3.63, 3.8) is 0 Å². The fourth-order valence-electron chi connectivity index (χ4n) is 9.42. The van der Waals surface area contributed by atoms with Gasteiger partial charge in [-0.2, -0.15) is 0 Å². The molecule has 0 saturated carbocycles. The van der Waals surface area contributed by atoms with E-state index in [-0.39, 0.29) is 0 Å². The lowest BCUT2D eigenvalue weighted by Gasteiger charge is -2.35. The SMILES string of the molecule is c1ccc(-c2cccc(-n3c4ccccc4c4c5c6c(ccc5c5ccccc5c43)-c3ccccc3C6(c3ccccc3)c3ccccc3)c2)cc1. The molecule has 0 spiro atoms. The normalized spacial score (nSPS) is 13.2. The number of para-hydroxylation sites is 1. The van der Waals surface area contributed by atoms with Crippen LogP contribution in [-0.4, -0.2) is 4.57 Å². The second kappa shape index (κ2) is 11.2. The van der Waals surface area contributed by atoms with Crippen LogP contribution in [0.15, 0.2) is 200 Å². The molecule has 0 bridgehead atoms. The van der Waals surface area contributed by atoms with Gasteiger partial charge in [-0.3, -0.25) is 0 Å². The van der Waals surface area contributed by atoms with E-state index in [1.165, 1.54) is 87.9 Å². The molecule has 1 nitrogen and oxygen atoms in total. The van der Waals surface area contributed by atoms with Crippen molar-refractivity contribution in [2.45, 2.75) is 5.41 Å². The van der Waals surface area contributed by atoms with Crippen LogP contribution < -0.4 is 0 Å². The van der Waals surface area contributed by atoms with Gasteiger partial charge >= 0.3 is 0 Å². The average Bonchev–Trinajstić information content (AvgIpc) is 3.74. The fraction of sp³-hybridized carbons (Fsp3) is 0.0196. The molecule has 0 radical (unpaired) electrons. The molecule has 242 valence electrons. The summed E-state index contributed by atoms with van der Waals surface area (Å²) in [5.74, 6) is 0. The largest absolute Gasteiger partial charge is 0.309 e. The van der Waals surface area contributed by atoms with Crippen LogP contribution >= 0.6 is 0 Å². The lowest BCUT2D eigenvalue weighted by atomic mass is 9.66. The highest BCUT2D eigenvalue weighted by molar-refractivity contribution is 6.34. The molecule has 1 aliphatic rings. The van der Waals surface area contributed by atoms with Crippen molar-refractivity contribution in [1.29, 1.82) is 0 Å². The minimum absolute atomic E-state index is 0.528. The van der Waals surface area contributed by atoms with E-state index in [2.05, 4.69) is 205 Å². The first-order valence-electron chi connectivity index (χ1n) is 18.1. The van der Waals surface area contributed by atoms with Gasteiger partial charge in [0.1, 0.15) is 0 Å². The summed E-state index contributed by atoms with van der Waals surface area (Å²) in [4.78, 5) is 0. The number of rotatable bonds is 4. The van der Waals surface area contributed by atoms with Crippen LogP contribution in [0, 0.1) is 0 Å². The molecule has 52 heavy (non-hydrogen) atoms. The van der Waals surface area contributed by atoms with Crippen LogP contribution in [0.4, 0.5) is 0 Å². The number of aromatic nitrogens is 1. The first kappa shape index (κ1) is 29.1. The molecule has 0 amide bonds. The molecular weight excluding hydrogens is 627 g/mol. The maximum absolute atomic E-state index is 2.52. The molecule has 9 aromatic carbocycles. The summed E-state index contributed by atoms with van der Waals surface area (Å²) >= 11 is 0. The van der Waals surface area contributed by atoms with Crippen LogP contribution in [0.25, 0.3) is 71.3 Å². The Labute approximate surface area is 302 Å². The molecule has 0 fully saturated rings. The summed E-state index contributed by atoms with van der Waals surface area (Å²) in [6, 6.07) is 74.0. The van der Waals surface area contributed by atoms with Crippen molar-refractivity contribution < 1.29 is 0 Å². The van der Waals surface area contributed by atoms with E-state index in [1.807, 2.05) is 0 Å². The van der Waals surface area contributed by atoms with E-state index < -0.39 is 5.41 Å². The summed E-state index contributed by atoms with van der Waals surface area (Å²) in [5.41, 5.74) is 13.3. The van der Waals surface area contributed by atoms with Gasteiger partial charge in [-0.25, -0.2) is 0 Å². The number of nitrogens with zero attached hydrogens (tertiary/aromatic N) is 1. The molecule has 0 saturated heterocycles. The molecule has 1 heteroatoms. The highest BCUT2D eigenvalue weighted by Crippen LogP contribution is 2.60. The van der Waals surface area contributed by atoms with E-state index in [0.29, 0.717) is 0 Å². The summed E-state index contributed by atoms with van der Waals surface area (Å²) in [6.45, 7) is 0. The van der Waals surface area contributed by atoms with Crippen LogP contribution in [0.2, 0.25) is 0 Å². The Morgan fingerprint density at radius 3 is 1.71 bits per heavy atom. The Kier molecular flexibility index (Phi) is 6.23. The van der Waals surface area contributed by atoms with Crippen LogP contribution in [0.1, 0.15) is 22.3 Å². The Balaban J connectivity index is 1.39.